The third-order valence-electron chi connectivity index (χ3n) is 1.90. The van der Waals surface area contributed by atoms with Crippen LogP contribution in [0.3, 0.4) is 0 Å². The van der Waals surface area contributed by atoms with Crippen LogP contribution in [0.1, 0.15) is 6.92 Å². The first kappa shape index (κ1) is 14.8. The van der Waals surface area contributed by atoms with E-state index in [1.807, 2.05) is 5.32 Å². The second kappa shape index (κ2) is 6.38. The minimum absolute atomic E-state index is 0.711. The van der Waals surface area contributed by atoms with Crippen LogP contribution in [0.25, 0.3) is 0 Å². The van der Waals surface area contributed by atoms with E-state index in [9.17, 15) is 19.8 Å². The van der Waals surface area contributed by atoms with Crippen molar-refractivity contribution in [3.8, 4) is 0 Å². The van der Waals surface area contributed by atoms with Crippen molar-refractivity contribution >= 4 is 11.9 Å². The molecule has 0 aromatic rings. The van der Waals surface area contributed by atoms with Crippen LogP contribution in [0.5, 0.6) is 0 Å². The number of amides is 1. The van der Waals surface area contributed by atoms with Gasteiger partial charge in [-0.1, -0.05) is 0 Å². The summed E-state index contributed by atoms with van der Waals surface area (Å²) in [5.41, 5.74) is 0. The Morgan fingerprint density at radius 2 is 1.69 bits per heavy atom. The number of carboxylic acids is 1. The number of carbonyl (C=O) groups is 2. The topological polar surface area (TPSA) is 147 Å². The maximum absolute atomic E-state index is 10.7. The highest BCUT2D eigenvalue weighted by Gasteiger charge is 2.35. The van der Waals surface area contributed by atoms with E-state index in [2.05, 4.69) is 0 Å². The predicted molar refractivity (Wildman–Crippen MR) is 50.3 cm³/mol. The van der Waals surface area contributed by atoms with Gasteiger partial charge in [-0.25, -0.2) is 4.79 Å². The molecule has 0 saturated heterocycles. The quantitative estimate of drug-likeness (QED) is 0.283. The van der Waals surface area contributed by atoms with Crippen LogP contribution in [-0.2, 0) is 9.59 Å². The molecule has 8 heteroatoms. The molecule has 0 aliphatic heterocycles. The van der Waals surface area contributed by atoms with Crippen molar-refractivity contribution in [2.75, 3.05) is 6.61 Å². The highest BCUT2D eigenvalue weighted by molar-refractivity contribution is 5.82. The molecule has 8 nitrogen and oxygen atoms in total. The van der Waals surface area contributed by atoms with E-state index < -0.39 is 42.8 Å². The van der Waals surface area contributed by atoms with E-state index in [1.54, 1.807) is 0 Å². The summed E-state index contributed by atoms with van der Waals surface area (Å²) >= 11 is 0. The lowest BCUT2D eigenvalue weighted by molar-refractivity contribution is -0.151. The molecular formula is C8H15NO7. The van der Waals surface area contributed by atoms with Crippen molar-refractivity contribution < 1.29 is 35.1 Å². The summed E-state index contributed by atoms with van der Waals surface area (Å²) in [6.07, 6.45) is -5.49. The van der Waals surface area contributed by atoms with E-state index >= 15 is 0 Å². The van der Waals surface area contributed by atoms with Gasteiger partial charge in [0.2, 0.25) is 5.91 Å². The molecular weight excluding hydrogens is 222 g/mol. The highest BCUT2D eigenvalue weighted by atomic mass is 16.4. The minimum Gasteiger partial charge on any atom is -0.480 e. The van der Waals surface area contributed by atoms with Crippen LogP contribution in [-0.4, -0.2) is 68.4 Å². The standard InChI is InChI=1S/C8H15NO7/c1-3(11)9-5(8(15)16)7(14)6(13)4(12)2-10/h4-7,10,12-14H,2H2,1H3,(H,9,11)(H,15,16)/t4-,5-,6-,7-/m1/s1. The number of rotatable bonds is 6. The molecule has 0 rings (SSSR count). The van der Waals surface area contributed by atoms with Crippen molar-refractivity contribution in [2.45, 2.75) is 31.3 Å². The van der Waals surface area contributed by atoms with Crippen molar-refractivity contribution in [3.63, 3.8) is 0 Å². The summed E-state index contributed by atoms with van der Waals surface area (Å²) in [4.78, 5) is 21.3. The van der Waals surface area contributed by atoms with Gasteiger partial charge in [-0.2, -0.15) is 0 Å². The van der Waals surface area contributed by atoms with Gasteiger partial charge in [0.25, 0.3) is 0 Å². The molecule has 94 valence electrons. The molecule has 0 aliphatic rings. The number of aliphatic carboxylic acids is 1. The molecule has 0 aromatic heterocycles. The summed E-state index contributed by atoms with van der Waals surface area (Å²) in [6.45, 7) is 0.197. The molecule has 0 spiro atoms. The Kier molecular flexibility index (Phi) is 5.89. The molecule has 0 fully saturated rings. The van der Waals surface area contributed by atoms with Gasteiger partial charge in [-0.15, -0.1) is 0 Å². The Morgan fingerprint density at radius 3 is 2.00 bits per heavy atom. The number of aliphatic hydroxyl groups excluding tert-OH is 4. The molecule has 4 atom stereocenters. The smallest absolute Gasteiger partial charge is 0.329 e. The minimum atomic E-state index is -1.93. The maximum atomic E-state index is 10.7. The lowest BCUT2D eigenvalue weighted by Gasteiger charge is -2.26. The Labute approximate surface area is 91.1 Å². The Morgan fingerprint density at radius 1 is 1.19 bits per heavy atom. The van der Waals surface area contributed by atoms with Crippen LogP contribution in [0.4, 0.5) is 0 Å². The molecule has 0 unspecified atom stereocenters. The van der Waals surface area contributed by atoms with Crippen LogP contribution < -0.4 is 5.32 Å². The van der Waals surface area contributed by atoms with Gasteiger partial charge in [0.05, 0.1) is 6.61 Å². The van der Waals surface area contributed by atoms with Crippen molar-refractivity contribution in [1.29, 1.82) is 0 Å². The maximum Gasteiger partial charge on any atom is 0.329 e. The summed E-state index contributed by atoms with van der Waals surface area (Å²) < 4.78 is 0. The number of carbonyl (C=O) groups excluding carboxylic acids is 1. The summed E-state index contributed by atoms with van der Waals surface area (Å²) in [7, 11) is 0. The first-order chi connectivity index (χ1) is 7.31. The molecule has 0 radical (unpaired) electrons. The van der Waals surface area contributed by atoms with Crippen molar-refractivity contribution in [1.82, 2.24) is 5.32 Å². The number of hydrogen-bond acceptors (Lipinski definition) is 6. The van der Waals surface area contributed by atoms with E-state index in [1.165, 1.54) is 0 Å². The van der Waals surface area contributed by atoms with Crippen LogP contribution in [0.2, 0.25) is 0 Å². The highest BCUT2D eigenvalue weighted by Crippen LogP contribution is 2.05. The predicted octanol–water partition coefficient (Wildman–Crippen LogP) is -3.35. The average Bonchev–Trinajstić information content (AvgIpc) is 2.22. The Bertz CT molecular complexity index is 257. The third kappa shape index (κ3) is 4.11. The van der Waals surface area contributed by atoms with Crippen molar-refractivity contribution in [3.05, 3.63) is 0 Å². The van der Waals surface area contributed by atoms with Gasteiger partial charge < -0.3 is 30.8 Å². The molecule has 0 aromatic carbocycles. The molecule has 0 bridgehead atoms. The molecule has 6 N–H and O–H groups in total. The zero-order chi connectivity index (χ0) is 12.9. The fourth-order valence-corrected chi connectivity index (χ4v) is 1.04. The molecule has 16 heavy (non-hydrogen) atoms. The van der Waals surface area contributed by atoms with Crippen LogP contribution in [0, 0.1) is 0 Å². The van der Waals surface area contributed by atoms with E-state index in [0.29, 0.717) is 0 Å². The van der Waals surface area contributed by atoms with Gasteiger partial charge in [-0.05, 0) is 0 Å². The second-order valence-corrected chi connectivity index (χ2v) is 3.25. The number of carboxylic acid groups (broad SMARTS) is 1. The number of aliphatic hydroxyl groups is 4. The fourth-order valence-electron chi connectivity index (χ4n) is 1.04. The number of hydrogen-bond donors (Lipinski definition) is 6. The SMILES string of the molecule is CC(=O)N[C@@H](C(=O)O)[C@@H](O)[C@H](O)[C@H](O)CO. The van der Waals surface area contributed by atoms with Gasteiger partial charge in [-0.3, -0.25) is 4.79 Å². The van der Waals surface area contributed by atoms with Crippen LogP contribution >= 0.6 is 0 Å². The monoisotopic (exact) mass is 237 g/mol. The normalized spacial score (nSPS) is 18.3. The molecule has 1 amide bonds. The lowest BCUT2D eigenvalue weighted by atomic mass is 10.0. The molecule has 0 heterocycles. The zero-order valence-electron chi connectivity index (χ0n) is 8.57. The summed E-state index contributed by atoms with van der Waals surface area (Å²) in [6, 6.07) is -1.76. The Balaban J connectivity index is 4.66. The second-order valence-electron chi connectivity index (χ2n) is 3.25. The number of nitrogens with one attached hydrogen (secondary N) is 1. The average molecular weight is 237 g/mol. The van der Waals surface area contributed by atoms with E-state index in [0.717, 1.165) is 6.92 Å². The van der Waals surface area contributed by atoms with Gasteiger partial charge >= 0.3 is 5.97 Å². The van der Waals surface area contributed by atoms with E-state index in [-0.39, 0.29) is 0 Å². The largest absolute Gasteiger partial charge is 0.480 e. The fraction of sp³-hybridized carbons (Fsp3) is 0.750. The molecule has 0 saturated carbocycles. The summed E-state index contributed by atoms with van der Waals surface area (Å²) in [5.74, 6) is -2.27. The van der Waals surface area contributed by atoms with Gasteiger partial charge in [0.1, 0.15) is 18.3 Å². The zero-order valence-corrected chi connectivity index (χ0v) is 8.57. The van der Waals surface area contributed by atoms with Crippen molar-refractivity contribution in [2.24, 2.45) is 0 Å². The lowest BCUT2D eigenvalue weighted by Crippen LogP contribution is -2.55. The third-order valence-corrected chi connectivity index (χ3v) is 1.90. The summed E-state index contributed by atoms with van der Waals surface area (Å²) in [5, 5.41) is 46.7. The van der Waals surface area contributed by atoms with Gasteiger partial charge in [0, 0.05) is 6.92 Å². The van der Waals surface area contributed by atoms with E-state index in [4.69, 9.17) is 15.3 Å². The first-order valence-corrected chi connectivity index (χ1v) is 4.46. The van der Waals surface area contributed by atoms with Crippen LogP contribution in [0.15, 0.2) is 0 Å². The Hall–Kier alpha value is -1.22. The van der Waals surface area contributed by atoms with Gasteiger partial charge in [0.15, 0.2) is 6.04 Å². The molecule has 0 aliphatic carbocycles. The first-order valence-electron chi connectivity index (χ1n) is 4.46.